The third-order valence-corrected chi connectivity index (χ3v) is 5.89. The minimum Gasteiger partial charge on any atom is -0.338 e. The van der Waals surface area contributed by atoms with E-state index in [0.717, 1.165) is 17.0 Å². The topological polar surface area (TPSA) is 97.1 Å². The lowest BCUT2D eigenvalue weighted by atomic mass is 10.3. The van der Waals surface area contributed by atoms with E-state index in [4.69, 9.17) is 4.52 Å². The molecule has 7 nitrogen and oxygen atoms in total. The van der Waals surface area contributed by atoms with Crippen molar-refractivity contribution in [3.63, 3.8) is 0 Å². The van der Waals surface area contributed by atoms with Gasteiger partial charge in [0.15, 0.2) is 5.82 Å². The molecule has 0 amide bonds. The molecule has 0 saturated carbocycles. The number of nitrogens with zero attached hydrogens (tertiary/aromatic N) is 2. The van der Waals surface area contributed by atoms with Gasteiger partial charge in [0.25, 0.3) is 10.0 Å². The molecule has 0 saturated heterocycles. The SMILES string of the molecule is CCNCc1sc(S(=O)(=O)NCc2nc(C)no2)cc1C. The quantitative estimate of drug-likeness (QED) is 0.795. The van der Waals surface area contributed by atoms with Gasteiger partial charge in [-0.25, -0.2) is 13.1 Å². The number of nitrogens with one attached hydrogen (secondary N) is 2. The summed E-state index contributed by atoms with van der Waals surface area (Å²) in [4.78, 5) is 4.98. The van der Waals surface area contributed by atoms with Crippen molar-refractivity contribution in [2.24, 2.45) is 0 Å². The second-order valence-corrected chi connectivity index (χ2v) is 7.64. The zero-order valence-electron chi connectivity index (χ0n) is 12.1. The fourth-order valence-electron chi connectivity index (χ4n) is 1.67. The van der Waals surface area contributed by atoms with Crippen LogP contribution in [0.2, 0.25) is 0 Å². The van der Waals surface area contributed by atoms with Gasteiger partial charge in [-0.3, -0.25) is 0 Å². The molecule has 21 heavy (non-hydrogen) atoms. The number of aromatic nitrogens is 2. The standard InChI is InChI=1S/C12H18N4O3S2/c1-4-13-6-10-8(2)5-12(20-10)21(17,18)14-7-11-15-9(3)16-19-11/h5,13-14H,4,6-7H2,1-3H3. The predicted molar refractivity (Wildman–Crippen MR) is 79.5 cm³/mol. The van der Waals surface area contributed by atoms with Crippen LogP contribution in [0.3, 0.4) is 0 Å². The summed E-state index contributed by atoms with van der Waals surface area (Å²) in [5.74, 6) is 0.723. The van der Waals surface area contributed by atoms with Crippen molar-refractivity contribution in [2.75, 3.05) is 6.54 Å². The Balaban J connectivity index is 2.08. The van der Waals surface area contributed by atoms with Gasteiger partial charge in [-0.15, -0.1) is 11.3 Å². The Morgan fingerprint density at radius 2 is 2.10 bits per heavy atom. The van der Waals surface area contributed by atoms with Gasteiger partial charge in [0.2, 0.25) is 5.89 Å². The van der Waals surface area contributed by atoms with Gasteiger partial charge in [0, 0.05) is 11.4 Å². The van der Waals surface area contributed by atoms with E-state index >= 15 is 0 Å². The molecule has 0 bridgehead atoms. The van der Waals surface area contributed by atoms with Crippen molar-refractivity contribution in [3.8, 4) is 0 Å². The van der Waals surface area contributed by atoms with Crippen LogP contribution in [0.25, 0.3) is 0 Å². The van der Waals surface area contributed by atoms with Gasteiger partial charge in [0.1, 0.15) is 4.21 Å². The summed E-state index contributed by atoms with van der Waals surface area (Å²) in [6, 6.07) is 1.68. The summed E-state index contributed by atoms with van der Waals surface area (Å²) in [6.45, 7) is 7.09. The lowest BCUT2D eigenvalue weighted by Crippen LogP contribution is -2.22. The molecule has 116 valence electrons. The average Bonchev–Trinajstić information content (AvgIpc) is 3.01. The smallest absolute Gasteiger partial charge is 0.250 e. The summed E-state index contributed by atoms with van der Waals surface area (Å²) in [6.07, 6.45) is 0. The van der Waals surface area contributed by atoms with Gasteiger partial charge < -0.3 is 9.84 Å². The Bertz CT molecular complexity index is 706. The second kappa shape index (κ2) is 6.65. The van der Waals surface area contributed by atoms with Gasteiger partial charge in [-0.1, -0.05) is 12.1 Å². The van der Waals surface area contributed by atoms with Crippen LogP contribution in [0, 0.1) is 13.8 Å². The van der Waals surface area contributed by atoms with E-state index in [2.05, 4.69) is 20.2 Å². The van der Waals surface area contributed by atoms with Gasteiger partial charge in [0.05, 0.1) is 6.54 Å². The number of thiophene rings is 1. The molecule has 0 aliphatic rings. The minimum absolute atomic E-state index is 0.0112. The molecule has 2 rings (SSSR count). The maximum Gasteiger partial charge on any atom is 0.250 e. The fourth-order valence-corrected chi connectivity index (χ4v) is 4.25. The van der Waals surface area contributed by atoms with E-state index in [1.807, 2.05) is 13.8 Å². The van der Waals surface area contributed by atoms with E-state index in [0.29, 0.717) is 16.6 Å². The maximum atomic E-state index is 12.2. The molecule has 2 aromatic rings. The van der Waals surface area contributed by atoms with Crippen LogP contribution in [0.15, 0.2) is 14.8 Å². The monoisotopic (exact) mass is 330 g/mol. The molecule has 2 heterocycles. The Morgan fingerprint density at radius 3 is 2.71 bits per heavy atom. The first-order chi connectivity index (χ1) is 9.92. The first-order valence-corrected chi connectivity index (χ1v) is 8.81. The Kier molecular flexibility index (Phi) is 5.09. The van der Waals surface area contributed by atoms with E-state index in [-0.39, 0.29) is 12.4 Å². The second-order valence-electron chi connectivity index (χ2n) is 4.51. The zero-order valence-corrected chi connectivity index (χ0v) is 13.8. The summed E-state index contributed by atoms with van der Waals surface area (Å²) in [5.41, 5.74) is 0.968. The van der Waals surface area contributed by atoms with Crippen molar-refractivity contribution < 1.29 is 12.9 Å². The number of rotatable bonds is 7. The van der Waals surface area contributed by atoms with Gasteiger partial charge in [-0.2, -0.15) is 4.98 Å². The Hall–Kier alpha value is -1.29. The summed E-state index contributed by atoms with van der Waals surface area (Å²) >= 11 is 1.27. The predicted octanol–water partition coefficient (Wildman–Crippen LogP) is 1.34. The summed E-state index contributed by atoms with van der Waals surface area (Å²) in [7, 11) is -3.56. The Labute approximate surface area is 127 Å². The molecule has 2 aromatic heterocycles. The molecule has 0 aromatic carbocycles. The van der Waals surface area contributed by atoms with Gasteiger partial charge >= 0.3 is 0 Å². The molecule has 0 spiro atoms. The fraction of sp³-hybridized carbons (Fsp3) is 0.500. The van der Waals surface area contributed by atoms with Crippen LogP contribution < -0.4 is 10.0 Å². The highest BCUT2D eigenvalue weighted by molar-refractivity contribution is 7.91. The first-order valence-electron chi connectivity index (χ1n) is 6.51. The normalized spacial score (nSPS) is 12.0. The highest BCUT2D eigenvalue weighted by atomic mass is 32.2. The van der Waals surface area contributed by atoms with E-state index in [1.165, 1.54) is 11.3 Å². The maximum absolute atomic E-state index is 12.2. The number of aryl methyl sites for hydroxylation is 2. The molecule has 0 fully saturated rings. The molecular weight excluding hydrogens is 312 g/mol. The lowest BCUT2D eigenvalue weighted by Gasteiger charge is -2.01. The largest absolute Gasteiger partial charge is 0.338 e. The Morgan fingerprint density at radius 1 is 1.33 bits per heavy atom. The molecule has 2 N–H and O–H groups in total. The number of hydrogen-bond donors (Lipinski definition) is 2. The van der Waals surface area contributed by atoms with E-state index in [9.17, 15) is 8.42 Å². The molecule has 0 radical (unpaired) electrons. The van der Waals surface area contributed by atoms with Crippen molar-refractivity contribution in [3.05, 3.63) is 28.2 Å². The highest BCUT2D eigenvalue weighted by Crippen LogP contribution is 2.25. The highest BCUT2D eigenvalue weighted by Gasteiger charge is 2.19. The number of sulfonamides is 1. The van der Waals surface area contributed by atoms with Crippen molar-refractivity contribution in [1.29, 1.82) is 0 Å². The van der Waals surface area contributed by atoms with Crippen molar-refractivity contribution in [2.45, 2.75) is 38.1 Å². The van der Waals surface area contributed by atoms with E-state index in [1.54, 1.807) is 13.0 Å². The summed E-state index contributed by atoms with van der Waals surface area (Å²) in [5, 5.41) is 6.81. The van der Waals surface area contributed by atoms with Crippen LogP contribution in [-0.2, 0) is 23.1 Å². The van der Waals surface area contributed by atoms with Crippen LogP contribution in [-0.4, -0.2) is 25.1 Å². The van der Waals surface area contributed by atoms with Crippen LogP contribution >= 0.6 is 11.3 Å². The molecular formula is C12H18N4O3S2. The van der Waals surface area contributed by atoms with Crippen LogP contribution in [0.4, 0.5) is 0 Å². The molecule has 0 atom stereocenters. The van der Waals surface area contributed by atoms with Crippen LogP contribution in [0.1, 0.15) is 29.1 Å². The molecule has 0 aliphatic carbocycles. The molecule has 0 unspecified atom stereocenters. The average molecular weight is 330 g/mol. The summed E-state index contributed by atoms with van der Waals surface area (Å²) < 4.78 is 32.1. The zero-order chi connectivity index (χ0) is 15.5. The third-order valence-electron chi connectivity index (χ3n) is 2.78. The van der Waals surface area contributed by atoms with Crippen LogP contribution in [0.5, 0.6) is 0 Å². The van der Waals surface area contributed by atoms with Crippen molar-refractivity contribution >= 4 is 21.4 Å². The van der Waals surface area contributed by atoms with E-state index < -0.39 is 10.0 Å². The first kappa shape index (κ1) is 16.1. The van der Waals surface area contributed by atoms with Gasteiger partial charge in [-0.05, 0) is 32.0 Å². The lowest BCUT2D eigenvalue weighted by molar-refractivity contribution is 0.372. The third kappa shape index (κ3) is 4.10. The minimum atomic E-state index is -3.56. The molecule has 0 aliphatic heterocycles. The molecule has 9 heteroatoms. The van der Waals surface area contributed by atoms with Crippen molar-refractivity contribution in [1.82, 2.24) is 20.2 Å². The number of hydrogen-bond acceptors (Lipinski definition) is 7.